The van der Waals surface area contributed by atoms with Crippen molar-refractivity contribution in [1.29, 1.82) is 0 Å². The number of carbonyl (C=O) groups is 1. The van der Waals surface area contributed by atoms with E-state index in [2.05, 4.69) is 5.43 Å². The summed E-state index contributed by atoms with van der Waals surface area (Å²) < 4.78 is 6.89. The van der Waals surface area contributed by atoms with Crippen molar-refractivity contribution in [3.05, 3.63) is 23.5 Å². The molecule has 0 aromatic carbocycles. The van der Waals surface area contributed by atoms with Crippen LogP contribution in [0.3, 0.4) is 0 Å². The first-order chi connectivity index (χ1) is 7.00. The second kappa shape index (κ2) is 4.87. The van der Waals surface area contributed by atoms with Crippen LogP contribution in [0.4, 0.5) is 0 Å². The molecule has 1 aromatic rings. The van der Waals surface area contributed by atoms with Gasteiger partial charge in [-0.05, 0) is 39.8 Å². The van der Waals surface area contributed by atoms with Crippen molar-refractivity contribution < 1.29 is 9.53 Å². The zero-order valence-electron chi connectivity index (χ0n) is 9.70. The van der Waals surface area contributed by atoms with Crippen LogP contribution in [-0.4, -0.2) is 23.3 Å². The molecule has 1 rings (SSSR count). The third-order valence-corrected chi connectivity index (χ3v) is 2.02. The van der Waals surface area contributed by atoms with Crippen molar-refractivity contribution in [1.82, 2.24) is 4.68 Å². The second-order valence-corrected chi connectivity index (χ2v) is 3.83. The maximum Gasteiger partial charge on any atom is 0.327 e. The van der Waals surface area contributed by atoms with Crippen LogP contribution < -0.4 is 5.43 Å². The minimum Gasteiger partial charge on any atom is -0.462 e. The van der Waals surface area contributed by atoms with E-state index in [1.807, 2.05) is 44.5 Å². The van der Waals surface area contributed by atoms with Crippen LogP contribution in [0.25, 0.3) is 0 Å². The lowest BCUT2D eigenvalue weighted by Gasteiger charge is -2.13. The zero-order valence-corrected chi connectivity index (χ0v) is 9.70. The normalized spacial score (nSPS) is 10.5. The molecular weight excluding hydrogens is 192 g/mol. The molecule has 0 amide bonds. The van der Waals surface area contributed by atoms with Gasteiger partial charge in [-0.3, -0.25) is 9.47 Å². The summed E-state index contributed by atoms with van der Waals surface area (Å²) in [6.07, 6.45) is -0.0637. The molecule has 0 aliphatic carbocycles. The lowest BCUT2D eigenvalue weighted by molar-refractivity contribution is -0.145. The van der Waals surface area contributed by atoms with E-state index in [4.69, 9.17) is 4.74 Å². The Bertz CT molecular complexity index is 323. The molecule has 0 fully saturated rings. The highest BCUT2D eigenvalue weighted by Gasteiger charge is 2.06. The number of ether oxygens (including phenoxy) is 1. The third kappa shape index (κ3) is 3.31. The van der Waals surface area contributed by atoms with Gasteiger partial charge in [0.15, 0.2) is 0 Å². The van der Waals surface area contributed by atoms with Crippen LogP contribution >= 0.6 is 0 Å². The topological polar surface area (TPSA) is 43.3 Å². The average molecular weight is 210 g/mol. The Morgan fingerprint density at radius 2 is 1.93 bits per heavy atom. The molecule has 0 saturated carbocycles. The molecular formula is C11H18N2O2. The maximum atomic E-state index is 11.3. The number of carbonyl (C=O) groups excluding carboxylic acids is 1. The van der Waals surface area contributed by atoms with Crippen LogP contribution in [0.5, 0.6) is 0 Å². The summed E-state index contributed by atoms with van der Waals surface area (Å²) in [7, 11) is 0. The molecule has 4 nitrogen and oxygen atoms in total. The van der Waals surface area contributed by atoms with Crippen LogP contribution in [0.1, 0.15) is 25.2 Å². The summed E-state index contributed by atoms with van der Waals surface area (Å²) >= 11 is 0. The molecule has 1 aromatic heterocycles. The molecule has 0 saturated heterocycles. The molecule has 0 atom stereocenters. The molecule has 84 valence electrons. The van der Waals surface area contributed by atoms with Crippen LogP contribution in [-0.2, 0) is 9.53 Å². The molecule has 0 radical (unpaired) electrons. The predicted molar refractivity (Wildman–Crippen MR) is 59.4 cm³/mol. The summed E-state index contributed by atoms with van der Waals surface area (Å²) in [5, 5.41) is 0. The Kier molecular flexibility index (Phi) is 3.77. The van der Waals surface area contributed by atoms with E-state index in [9.17, 15) is 4.79 Å². The molecule has 0 bridgehead atoms. The van der Waals surface area contributed by atoms with Gasteiger partial charge in [-0.1, -0.05) is 0 Å². The SMILES string of the molecule is Cc1ccc(C)n1NCC(=O)OC(C)C. The Labute approximate surface area is 90.2 Å². The van der Waals surface area contributed by atoms with E-state index in [0.717, 1.165) is 11.4 Å². The number of esters is 1. The van der Waals surface area contributed by atoms with Crippen molar-refractivity contribution >= 4 is 5.97 Å². The van der Waals surface area contributed by atoms with E-state index >= 15 is 0 Å². The highest BCUT2D eigenvalue weighted by Crippen LogP contribution is 2.03. The van der Waals surface area contributed by atoms with Gasteiger partial charge in [-0.2, -0.15) is 0 Å². The van der Waals surface area contributed by atoms with Gasteiger partial charge >= 0.3 is 5.97 Å². The number of hydrogen-bond donors (Lipinski definition) is 1. The van der Waals surface area contributed by atoms with E-state index in [-0.39, 0.29) is 18.6 Å². The zero-order chi connectivity index (χ0) is 11.4. The Balaban J connectivity index is 2.47. The van der Waals surface area contributed by atoms with E-state index in [1.165, 1.54) is 0 Å². The van der Waals surface area contributed by atoms with Crippen molar-refractivity contribution in [3.8, 4) is 0 Å². The van der Waals surface area contributed by atoms with Gasteiger partial charge in [0, 0.05) is 11.4 Å². The lowest BCUT2D eigenvalue weighted by atomic mass is 10.5. The summed E-state index contributed by atoms with van der Waals surface area (Å²) in [4.78, 5) is 11.3. The fourth-order valence-electron chi connectivity index (χ4n) is 1.37. The lowest BCUT2D eigenvalue weighted by Crippen LogP contribution is -2.27. The van der Waals surface area contributed by atoms with Crippen molar-refractivity contribution in [3.63, 3.8) is 0 Å². The first-order valence-corrected chi connectivity index (χ1v) is 5.09. The van der Waals surface area contributed by atoms with Crippen molar-refractivity contribution in [2.45, 2.75) is 33.8 Å². The fourth-order valence-corrected chi connectivity index (χ4v) is 1.37. The quantitative estimate of drug-likeness (QED) is 0.768. The number of aryl methyl sites for hydroxylation is 2. The second-order valence-electron chi connectivity index (χ2n) is 3.83. The van der Waals surface area contributed by atoms with Gasteiger partial charge in [-0.25, -0.2) is 0 Å². The summed E-state index contributed by atoms with van der Waals surface area (Å²) in [6.45, 7) is 7.82. The summed E-state index contributed by atoms with van der Waals surface area (Å²) in [6, 6.07) is 3.99. The largest absolute Gasteiger partial charge is 0.462 e. The number of rotatable bonds is 4. The number of aromatic nitrogens is 1. The summed E-state index contributed by atoms with van der Waals surface area (Å²) in [5.41, 5.74) is 5.16. The standard InChI is InChI=1S/C11H18N2O2/c1-8(2)15-11(14)7-12-13-9(3)5-6-10(13)4/h5-6,8,12H,7H2,1-4H3. The highest BCUT2D eigenvalue weighted by atomic mass is 16.5. The number of nitrogens with zero attached hydrogens (tertiary/aromatic N) is 1. The Hall–Kier alpha value is -1.45. The van der Waals surface area contributed by atoms with Gasteiger partial charge in [0.2, 0.25) is 0 Å². The first-order valence-electron chi connectivity index (χ1n) is 5.09. The molecule has 1 heterocycles. The van der Waals surface area contributed by atoms with Crippen molar-refractivity contribution in [2.24, 2.45) is 0 Å². The molecule has 1 N–H and O–H groups in total. The highest BCUT2D eigenvalue weighted by molar-refractivity contribution is 5.73. The van der Waals surface area contributed by atoms with Gasteiger partial charge in [0.25, 0.3) is 0 Å². The maximum absolute atomic E-state index is 11.3. The van der Waals surface area contributed by atoms with Crippen LogP contribution in [0.15, 0.2) is 12.1 Å². The Morgan fingerprint density at radius 3 is 2.40 bits per heavy atom. The van der Waals surface area contributed by atoms with Crippen LogP contribution in [0, 0.1) is 13.8 Å². The van der Waals surface area contributed by atoms with Gasteiger partial charge in [-0.15, -0.1) is 0 Å². The van der Waals surface area contributed by atoms with E-state index < -0.39 is 0 Å². The molecule has 0 unspecified atom stereocenters. The van der Waals surface area contributed by atoms with Crippen molar-refractivity contribution in [2.75, 3.05) is 12.0 Å². The predicted octanol–water partition coefficient (Wildman–Crippen LogP) is 1.60. The summed E-state index contributed by atoms with van der Waals surface area (Å²) in [5.74, 6) is -0.238. The minimum absolute atomic E-state index is 0.0637. The molecule has 0 spiro atoms. The van der Waals surface area contributed by atoms with E-state index in [1.54, 1.807) is 0 Å². The average Bonchev–Trinajstić information content (AvgIpc) is 2.42. The van der Waals surface area contributed by atoms with E-state index in [0.29, 0.717) is 0 Å². The molecule has 15 heavy (non-hydrogen) atoms. The molecule has 4 heteroatoms. The number of hydrogen-bond acceptors (Lipinski definition) is 3. The first kappa shape index (κ1) is 11.6. The smallest absolute Gasteiger partial charge is 0.327 e. The Morgan fingerprint density at radius 1 is 1.40 bits per heavy atom. The number of nitrogens with one attached hydrogen (secondary N) is 1. The van der Waals surface area contributed by atoms with Gasteiger partial charge in [0.05, 0.1) is 6.10 Å². The van der Waals surface area contributed by atoms with Gasteiger partial charge in [0.1, 0.15) is 6.54 Å². The third-order valence-electron chi connectivity index (χ3n) is 2.02. The van der Waals surface area contributed by atoms with Gasteiger partial charge < -0.3 is 10.2 Å². The minimum atomic E-state index is -0.238. The molecule has 0 aliphatic rings. The monoisotopic (exact) mass is 210 g/mol. The molecule has 0 aliphatic heterocycles. The van der Waals surface area contributed by atoms with Crippen LogP contribution in [0.2, 0.25) is 0 Å². The fraction of sp³-hybridized carbons (Fsp3) is 0.545.